The predicted molar refractivity (Wildman–Crippen MR) is 86.3 cm³/mol. The van der Waals surface area contributed by atoms with Crippen LogP contribution in [-0.2, 0) is 11.2 Å². The van der Waals surface area contributed by atoms with E-state index in [0.717, 1.165) is 37.5 Å². The third-order valence-corrected chi connectivity index (χ3v) is 4.35. The highest BCUT2D eigenvalue weighted by molar-refractivity contribution is 5.76. The van der Waals surface area contributed by atoms with Crippen molar-refractivity contribution in [3.8, 4) is 0 Å². The summed E-state index contributed by atoms with van der Waals surface area (Å²) in [6.07, 6.45) is 3.91. The molecule has 1 aliphatic heterocycles. The van der Waals surface area contributed by atoms with Crippen LogP contribution in [0.3, 0.4) is 0 Å². The molecular formula is C16H24N6O2. The first kappa shape index (κ1) is 16.6. The molecular weight excluding hydrogens is 308 g/mol. The average molecular weight is 332 g/mol. The maximum absolute atomic E-state index is 12.5. The zero-order valence-corrected chi connectivity index (χ0v) is 14.5. The van der Waals surface area contributed by atoms with E-state index in [1.54, 1.807) is 6.92 Å². The molecule has 1 aliphatic rings. The second kappa shape index (κ2) is 7.11. The SMILES string of the molecule is Cc1noc(CCCC(=O)N2CCC[C@H](n3nc(C)nc3C)C2)n1. The summed E-state index contributed by atoms with van der Waals surface area (Å²) in [7, 11) is 0. The number of nitrogens with zero attached hydrogens (tertiary/aromatic N) is 6. The minimum atomic E-state index is 0.186. The van der Waals surface area contributed by atoms with Crippen LogP contribution in [-0.4, -0.2) is 48.8 Å². The summed E-state index contributed by atoms with van der Waals surface area (Å²) >= 11 is 0. The molecule has 3 heterocycles. The van der Waals surface area contributed by atoms with Crippen molar-refractivity contribution in [3.63, 3.8) is 0 Å². The first-order chi connectivity index (χ1) is 11.5. The number of amides is 1. The van der Waals surface area contributed by atoms with Gasteiger partial charge in [-0.1, -0.05) is 5.16 Å². The van der Waals surface area contributed by atoms with Crippen LogP contribution in [0, 0.1) is 20.8 Å². The quantitative estimate of drug-likeness (QED) is 0.829. The predicted octanol–water partition coefficient (Wildman–Crippen LogP) is 1.77. The van der Waals surface area contributed by atoms with Crippen LogP contribution in [0.1, 0.15) is 55.1 Å². The van der Waals surface area contributed by atoms with Crippen LogP contribution < -0.4 is 0 Å². The van der Waals surface area contributed by atoms with Gasteiger partial charge in [-0.05, 0) is 40.0 Å². The van der Waals surface area contributed by atoms with E-state index in [1.165, 1.54) is 0 Å². The minimum Gasteiger partial charge on any atom is -0.341 e. The third kappa shape index (κ3) is 3.80. The standard InChI is InChI=1S/C16H24N6O2/c1-11-17-13(3)22(19-11)14-6-5-9-21(10-14)16(23)8-4-7-15-18-12(2)20-24-15/h14H,4-10H2,1-3H3/t14-/m0/s1. The zero-order valence-electron chi connectivity index (χ0n) is 14.5. The lowest BCUT2D eigenvalue weighted by Gasteiger charge is -2.33. The highest BCUT2D eigenvalue weighted by Gasteiger charge is 2.26. The normalized spacial score (nSPS) is 18.1. The molecule has 2 aromatic heterocycles. The molecule has 8 heteroatoms. The number of aromatic nitrogens is 5. The minimum absolute atomic E-state index is 0.186. The fraction of sp³-hybridized carbons (Fsp3) is 0.688. The van der Waals surface area contributed by atoms with Gasteiger partial charge in [-0.25, -0.2) is 9.67 Å². The lowest BCUT2D eigenvalue weighted by molar-refractivity contribution is -0.133. The maximum Gasteiger partial charge on any atom is 0.226 e. The van der Waals surface area contributed by atoms with Crippen molar-refractivity contribution in [3.05, 3.63) is 23.4 Å². The molecule has 0 aliphatic carbocycles. The number of likely N-dealkylation sites (tertiary alicyclic amines) is 1. The van der Waals surface area contributed by atoms with Crippen LogP contribution >= 0.6 is 0 Å². The Hall–Kier alpha value is -2.25. The van der Waals surface area contributed by atoms with Gasteiger partial charge < -0.3 is 9.42 Å². The average Bonchev–Trinajstić information content (AvgIpc) is 3.12. The summed E-state index contributed by atoms with van der Waals surface area (Å²) in [6.45, 7) is 7.19. The van der Waals surface area contributed by atoms with Crippen LogP contribution in [0.2, 0.25) is 0 Å². The second-order valence-corrected chi connectivity index (χ2v) is 6.38. The van der Waals surface area contributed by atoms with Gasteiger partial charge in [-0.15, -0.1) is 0 Å². The van der Waals surface area contributed by atoms with E-state index in [-0.39, 0.29) is 11.9 Å². The number of carbonyl (C=O) groups excluding carboxylic acids is 1. The van der Waals surface area contributed by atoms with Gasteiger partial charge in [0.2, 0.25) is 11.8 Å². The Morgan fingerprint density at radius 1 is 1.25 bits per heavy atom. The molecule has 1 atom stereocenters. The van der Waals surface area contributed by atoms with Crippen molar-refractivity contribution >= 4 is 5.91 Å². The first-order valence-electron chi connectivity index (χ1n) is 8.49. The molecule has 24 heavy (non-hydrogen) atoms. The van der Waals surface area contributed by atoms with Crippen molar-refractivity contribution in [1.29, 1.82) is 0 Å². The number of aryl methyl sites for hydroxylation is 4. The topological polar surface area (TPSA) is 89.9 Å². The van der Waals surface area contributed by atoms with Crippen molar-refractivity contribution < 1.29 is 9.32 Å². The Morgan fingerprint density at radius 3 is 2.75 bits per heavy atom. The van der Waals surface area contributed by atoms with Gasteiger partial charge >= 0.3 is 0 Å². The van der Waals surface area contributed by atoms with Crippen molar-refractivity contribution in [2.24, 2.45) is 0 Å². The van der Waals surface area contributed by atoms with Crippen LogP contribution in [0.25, 0.3) is 0 Å². The number of rotatable bonds is 5. The van der Waals surface area contributed by atoms with Gasteiger partial charge in [0.1, 0.15) is 11.6 Å². The molecule has 0 aromatic carbocycles. The Balaban J connectivity index is 1.52. The van der Waals surface area contributed by atoms with Crippen molar-refractivity contribution in [2.45, 2.75) is 58.9 Å². The molecule has 0 N–H and O–H groups in total. The van der Waals surface area contributed by atoms with E-state index in [0.29, 0.717) is 31.1 Å². The van der Waals surface area contributed by atoms with E-state index < -0.39 is 0 Å². The third-order valence-electron chi connectivity index (χ3n) is 4.35. The summed E-state index contributed by atoms with van der Waals surface area (Å²) in [4.78, 5) is 23.0. The molecule has 0 saturated carbocycles. The summed E-state index contributed by atoms with van der Waals surface area (Å²) in [6, 6.07) is 0.225. The largest absolute Gasteiger partial charge is 0.341 e. The maximum atomic E-state index is 12.5. The molecule has 8 nitrogen and oxygen atoms in total. The lowest BCUT2D eigenvalue weighted by atomic mass is 10.0. The lowest BCUT2D eigenvalue weighted by Crippen LogP contribution is -2.41. The number of hydrogen-bond acceptors (Lipinski definition) is 6. The summed E-state index contributed by atoms with van der Waals surface area (Å²) < 4.78 is 7.05. The van der Waals surface area contributed by atoms with Crippen molar-refractivity contribution in [2.75, 3.05) is 13.1 Å². The monoisotopic (exact) mass is 332 g/mol. The Labute approximate surface area is 141 Å². The van der Waals surface area contributed by atoms with E-state index in [2.05, 4.69) is 20.2 Å². The molecule has 3 rings (SSSR count). The highest BCUT2D eigenvalue weighted by atomic mass is 16.5. The second-order valence-electron chi connectivity index (χ2n) is 6.38. The Bertz CT molecular complexity index is 707. The Kier molecular flexibility index (Phi) is 4.92. The first-order valence-corrected chi connectivity index (χ1v) is 8.49. The zero-order chi connectivity index (χ0) is 17.1. The molecule has 0 unspecified atom stereocenters. The summed E-state index contributed by atoms with van der Waals surface area (Å²) in [5, 5.41) is 8.23. The van der Waals surface area contributed by atoms with Gasteiger partial charge in [-0.2, -0.15) is 10.1 Å². The molecule has 0 spiro atoms. The van der Waals surface area contributed by atoms with E-state index >= 15 is 0 Å². The molecule has 1 amide bonds. The number of hydrogen-bond donors (Lipinski definition) is 0. The van der Waals surface area contributed by atoms with Crippen LogP contribution in [0.5, 0.6) is 0 Å². The fourth-order valence-corrected chi connectivity index (χ4v) is 3.25. The van der Waals surface area contributed by atoms with Crippen LogP contribution in [0.4, 0.5) is 0 Å². The van der Waals surface area contributed by atoms with Gasteiger partial charge in [0.25, 0.3) is 0 Å². The summed E-state index contributed by atoms with van der Waals surface area (Å²) in [5.74, 6) is 3.12. The van der Waals surface area contributed by atoms with Gasteiger partial charge in [0, 0.05) is 25.9 Å². The van der Waals surface area contributed by atoms with E-state index in [4.69, 9.17) is 4.52 Å². The van der Waals surface area contributed by atoms with E-state index in [1.807, 2.05) is 23.4 Å². The van der Waals surface area contributed by atoms with Crippen molar-refractivity contribution in [1.82, 2.24) is 29.8 Å². The number of piperidine rings is 1. The fourth-order valence-electron chi connectivity index (χ4n) is 3.25. The van der Waals surface area contributed by atoms with Crippen LogP contribution in [0.15, 0.2) is 4.52 Å². The summed E-state index contributed by atoms with van der Waals surface area (Å²) in [5.41, 5.74) is 0. The molecule has 0 bridgehead atoms. The van der Waals surface area contributed by atoms with E-state index in [9.17, 15) is 4.79 Å². The molecule has 1 fully saturated rings. The molecule has 1 saturated heterocycles. The molecule has 2 aromatic rings. The highest BCUT2D eigenvalue weighted by Crippen LogP contribution is 2.22. The van der Waals surface area contributed by atoms with Gasteiger partial charge in [0.15, 0.2) is 5.82 Å². The van der Waals surface area contributed by atoms with Gasteiger partial charge in [-0.3, -0.25) is 4.79 Å². The smallest absolute Gasteiger partial charge is 0.226 e. The number of carbonyl (C=O) groups is 1. The molecule has 130 valence electrons. The Morgan fingerprint density at radius 2 is 2.08 bits per heavy atom. The van der Waals surface area contributed by atoms with Gasteiger partial charge in [0.05, 0.1) is 6.04 Å². The molecule has 0 radical (unpaired) electrons.